The minimum absolute atomic E-state index is 0.0140. The van der Waals surface area contributed by atoms with Crippen LogP contribution in [0, 0.1) is 29.9 Å². The molecule has 2 aromatic carbocycles. The summed E-state index contributed by atoms with van der Waals surface area (Å²) < 4.78 is 27.6. The highest BCUT2D eigenvalue weighted by Gasteiger charge is 2.20. The van der Waals surface area contributed by atoms with Gasteiger partial charge < -0.3 is 4.90 Å². The van der Waals surface area contributed by atoms with Crippen LogP contribution in [0.4, 0.5) is 14.5 Å². The molecular formula is C16H12F2N2O. The molecule has 0 unspecified atom stereocenters. The van der Waals surface area contributed by atoms with Gasteiger partial charge >= 0.3 is 0 Å². The van der Waals surface area contributed by atoms with E-state index in [0.29, 0.717) is 0 Å². The Morgan fingerprint density at radius 2 is 1.86 bits per heavy atom. The van der Waals surface area contributed by atoms with Crippen molar-refractivity contribution in [3.05, 3.63) is 64.7 Å². The average molecular weight is 286 g/mol. The summed E-state index contributed by atoms with van der Waals surface area (Å²) >= 11 is 0. The zero-order chi connectivity index (χ0) is 15.6. The molecule has 106 valence electrons. The van der Waals surface area contributed by atoms with Gasteiger partial charge in [-0.2, -0.15) is 5.26 Å². The summed E-state index contributed by atoms with van der Waals surface area (Å²) in [7, 11) is 1.36. The zero-order valence-corrected chi connectivity index (χ0v) is 11.5. The average Bonchev–Trinajstić information content (AvgIpc) is 2.48. The van der Waals surface area contributed by atoms with Crippen molar-refractivity contribution in [1.82, 2.24) is 0 Å². The summed E-state index contributed by atoms with van der Waals surface area (Å²) in [5.41, 5.74) is 0.744. The second-order valence-corrected chi connectivity index (χ2v) is 4.63. The first-order valence-corrected chi connectivity index (χ1v) is 6.18. The highest BCUT2D eigenvalue weighted by Crippen LogP contribution is 2.22. The highest BCUT2D eigenvalue weighted by molar-refractivity contribution is 6.06. The topological polar surface area (TPSA) is 44.1 Å². The van der Waals surface area contributed by atoms with Crippen molar-refractivity contribution >= 4 is 11.6 Å². The third-order valence-corrected chi connectivity index (χ3v) is 3.10. The Kier molecular flexibility index (Phi) is 3.99. The second kappa shape index (κ2) is 5.71. The molecule has 0 spiro atoms. The van der Waals surface area contributed by atoms with E-state index in [-0.39, 0.29) is 16.8 Å². The number of carbonyl (C=O) groups excluding carboxylic acids is 1. The minimum atomic E-state index is -0.710. The molecule has 0 aliphatic rings. The maximum atomic E-state index is 13.9. The first kappa shape index (κ1) is 14.7. The summed E-state index contributed by atoms with van der Waals surface area (Å²) in [6.45, 7) is 1.73. The molecule has 0 N–H and O–H groups in total. The van der Waals surface area contributed by atoms with Gasteiger partial charge in [-0.3, -0.25) is 4.79 Å². The molecule has 21 heavy (non-hydrogen) atoms. The molecule has 0 aromatic heterocycles. The number of hydrogen-bond donors (Lipinski definition) is 0. The van der Waals surface area contributed by atoms with Crippen LogP contribution < -0.4 is 4.90 Å². The van der Waals surface area contributed by atoms with Crippen LogP contribution in [0.15, 0.2) is 36.4 Å². The molecule has 5 heteroatoms. The van der Waals surface area contributed by atoms with Gasteiger partial charge in [-0.15, -0.1) is 0 Å². The minimum Gasteiger partial charge on any atom is -0.309 e. The van der Waals surface area contributed by atoms with Gasteiger partial charge in [0.2, 0.25) is 0 Å². The Morgan fingerprint density at radius 1 is 1.14 bits per heavy atom. The van der Waals surface area contributed by atoms with Crippen molar-refractivity contribution in [2.24, 2.45) is 0 Å². The van der Waals surface area contributed by atoms with Crippen LogP contribution in [0.3, 0.4) is 0 Å². The van der Waals surface area contributed by atoms with Gasteiger partial charge in [0.1, 0.15) is 11.6 Å². The molecule has 2 aromatic rings. The molecule has 1 amide bonds. The van der Waals surface area contributed by atoms with Crippen LogP contribution >= 0.6 is 0 Å². The van der Waals surface area contributed by atoms with Crippen molar-refractivity contribution < 1.29 is 13.6 Å². The number of amides is 1. The van der Waals surface area contributed by atoms with Crippen LogP contribution in [0.25, 0.3) is 0 Å². The van der Waals surface area contributed by atoms with E-state index in [1.807, 2.05) is 6.07 Å². The van der Waals surface area contributed by atoms with Crippen LogP contribution in [-0.2, 0) is 0 Å². The normalized spacial score (nSPS) is 10.0. The lowest BCUT2D eigenvalue weighted by atomic mass is 10.1. The van der Waals surface area contributed by atoms with Crippen molar-refractivity contribution in [2.75, 3.05) is 11.9 Å². The predicted octanol–water partition coefficient (Wildman–Crippen LogP) is 3.42. The largest absolute Gasteiger partial charge is 0.309 e. The third-order valence-electron chi connectivity index (χ3n) is 3.10. The zero-order valence-electron chi connectivity index (χ0n) is 11.5. The lowest BCUT2D eigenvalue weighted by molar-refractivity contribution is 0.0988. The van der Waals surface area contributed by atoms with E-state index >= 15 is 0 Å². The number of rotatable bonds is 2. The molecule has 3 nitrogen and oxygen atoms in total. The maximum Gasteiger partial charge on any atom is 0.261 e. The van der Waals surface area contributed by atoms with Gasteiger partial charge in [0.05, 0.1) is 22.9 Å². The SMILES string of the molecule is Cc1ccc(F)c(C(=O)N(C)c2ccc(C#N)cc2F)c1. The summed E-state index contributed by atoms with van der Waals surface area (Å²) in [5, 5.41) is 8.70. The fraction of sp³-hybridized carbons (Fsp3) is 0.125. The van der Waals surface area contributed by atoms with Gasteiger partial charge in [0.15, 0.2) is 0 Å². The van der Waals surface area contributed by atoms with Gasteiger partial charge in [0, 0.05) is 7.05 Å². The van der Waals surface area contributed by atoms with Crippen molar-refractivity contribution in [3.8, 4) is 6.07 Å². The molecule has 0 saturated heterocycles. The van der Waals surface area contributed by atoms with E-state index in [2.05, 4.69) is 0 Å². The van der Waals surface area contributed by atoms with E-state index in [4.69, 9.17) is 5.26 Å². The summed E-state index contributed by atoms with van der Waals surface area (Å²) in [4.78, 5) is 13.3. The van der Waals surface area contributed by atoms with Crippen LogP contribution in [0.5, 0.6) is 0 Å². The molecular weight excluding hydrogens is 274 g/mol. The Balaban J connectivity index is 2.40. The summed E-state index contributed by atoms with van der Waals surface area (Å²) in [6.07, 6.45) is 0. The number of benzene rings is 2. The van der Waals surface area contributed by atoms with E-state index < -0.39 is 17.5 Å². The second-order valence-electron chi connectivity index (χ2n) is 4.63. The lowest BCUT2D eigenvalue weighted by Crippen LogP contribution is -2.28. The van der Waals surface area contributed by atoms with E-state index in [9.17, 15) is 13.6 Å². The predicted molar refractivity (Wildman–Crippen MR) is 75.0 cm³/mol. The molecule has 0 radical (unpaired) electrons. The van der Waals surface area contributed by atoms with Gasteiger partial charge in [-0.25, -0.2) is 8.78 Å². The molecule has 0 fully saturated rings. The number of nitriles is 1. The standard InChI is InChI=1S/C16H12F2N2O/c1-10-3-5-13(17)12(7-10)16(21)20(2)15-6-4-11(9-19)8-14(15)18/h3-8H,1-2H3. The monoisotopic (exact) mass is 286 g/mol. The van der Waals surface area contributed by atoms with Gasteiger partial charge in [0.25, 0.3) is 5.91 Å². The van der Waals surface area contributed by atoms with Crippen LogP contribution in [-0.4, -0.2) is 13.0 Å². The Bertz CT molecular complexity index is 750. The Labute approximate surface area is 121 Å². The molecule has 2 rings (SSSR count). The number of carbonyl (C=O) groups is 1. The van der Waals surface area contributed by atoms with E-state index in [1.54, 1.807) is 13.0 Å². The number of aryl methyl sites for hydroxylation is 1. The van der Waals surface area contributed by atoms with E-state index in [1.165, 1.54) is 31.3 Å². The van der Waals surface area contributed by atoms with Gasteiger partial charge in [-0.05, 0) is 37.3 Å². The number of hydrogen-bond acceptors (Lipinski definition) is 2. The fourth-order valence-electron chi connectivity index (χ4n) is 1.94. The number of halogens is 2. The molecule has 0 aliphatic heterocycles. The third kappa shape index (κ3) is 2.90. The van der Waals surface area contributed by atoms with Crippen molar-refractivity contribution in [1.29, 1.82) is 5.26 Å². The Hall–Kier alpha value is -2.74. The Morgan fingerprint density at radius 3 is 2.48 bits per heavy atom. The maximum absolute atomic E-state index is 13.9. The van der Waals surface area contributed by atoms with Crippen LogP contribution in [0.1, 0.15) is 21.5 Å². The molecule has 0 heterocycles. The molecule has 0 saturated carbocycles. The van der Waals surface area contributed by atoms with Crippen molar-refractivity contribution in [3.63, 3.8) is 0 Å². The lowest BCUT2D eigenvalue weighted by Gasteiger charge is -2.18. The first-order valence-electron chi connectivity index (χ1n) is 6.18. The quantitative estimate of drug-likeness (QED) is 0.849. The smallest absolute Gasteiger partial charge is 0.261 e. The molecule has 0 aliphatic carbocycles. The number of anilines is 1. The molecule has 0 bridgehead atoms. The highest BCUT2D eigenvalue weighted by atomic mass is 19.1. The molecule has 0 atom stereocenters. The van der Waals surface area contributed by atoms with E-state index in [0.717, 1.165) is 16.5 Å². The van der Waals surface area contributed by atoms with Crippen LogP contribution in [0.2, 0.25) is 0 Å². The summed E-state index contributed by atoms with van der Waals surface area (Å²) in [5.74, 6) is -2.02. The first-order chi connectivity index (χ1) is 9.93. The summed E-state index contributed by atoms with van der Waals surface area (Å²) in [6, 6.07) is 9.72. The number of nitrogens with zero attached hydrogens (tertiary/aromatic N) is 2. The van der Waals surface area contributed by atoms with Crippen molar-refractivity contribution in [2.45, 2.75) is 6.92 Å². The van der Waals surface area contributed by atoms with Gasteiger partial charge in [-0.1, -0.05) is 11.6 Å². The fourth-order valence-corrected chi connectivity index (χ4v) is 1.94.